The molecular weight excluding hydrogens is 485 g/mol. The highest BCUT2D eigenvalue weighted by atomic mass is 28.5. The molecule has 0 heterocycles. The Bertz CT molecular complexity index is 1110. The van der Waals surface area contributed by atoms with E-state index in [-0.39, 0.29) is 0 Å². The topological polar surface area (TPSA) is 36.9 Å². The molecule has 4 aromatic carbocycles. The number of benzene rings is 4. The van der Waals surface area contributed by atoms with Gasteiger partial charge in [-0.15, -0.1) is 0 Å². The number of hydrogen-bond donors (Lipinski definition) is 0. The van der Waals surface area contributed by atoms with Gasteiger partial charge in [0, 0.05) is 20.8 Å². The van der Waals surface area contributed by atoms with Gasteiger partial charge in [0.25, 0.3) is 0 Å². The first-order valence-corrected chi connectivity index (χ1v) is 18.1. The summed E-state index contributed by atoms with van der Waals surface area (Å²) in [6, 6.07) is 41.6. The van der Waals surface area contributed by atoms with E-state index in [1.165, 1.54) is 10.4 Å². The molecule has 0 saturated heterocycles. The lowest BCUT2D eigenvalue weighted by Crippen LogP contribution is -2.75. The Morgan fingerprint density at radius 2 is 0.743 bits per heavy atom. The van der Waals surface area contributed by atoms with Crippen molar-refractivity contribution in [2.75, 3.05) is 14.2 Å². The summed E-state index contributed by atoms with van der Waals surface area (Å²) in [5.41, 5.74) is 0. The second-order valence-electron chi connectivity index (χ2n) is 8.59. The summed E-state index contributed by atoms with van der Waals surface area (Å²) in [6.07, 6.45) is 0. The SMILES string of the molecule is CO[Si](C)(OC)O[Si](O[Si](C)(c1ccccc1)c1ccccc1)(c1ccccc1)c1ccccc1. The zero-order valence-electron chi connectivity index (χ0n) is 20.7. The lowest BCUT2D eigenvalue weighted by Gasteiger charge is -2.43. The van der Waals surface area contributed by atoms with Crippen LogP contribution >= 0.6 is 0 Å². The van der Waals surface area contributed by atoms with E-state index in [1.54, 1.807) is 14.2 Å². The van der Waals surface area contributed by atoms with Crippen molar-refractivity contribution in [2.24, 2.45) is 0 Å². The lowest BCUT2D eigenvalue weighted by molar-refractivity contribution is 0.157. The maximum atomic E-state index is 7.60. The van der Waals surface area contributed by atoms with Crippen LogP contribution in [0.4, 0.5) is 0 Å². The first-order valence-electron chi connectivity index (χ1n) is 11.7. The van der Waals surface area contributed by atoms with Crippen LogP contribution in [0.5, 0.6) is 0 Å². The normalized spacial score (nSPS) is 12.5. The van der Waals surface area contributed by atoms with Crippen LogP contribution in [-0.4, -0.2) is 39.9 Å². The molecule has 4 nitrogen and oxygen atoms in total. The molecule has 4 aromatic rings. The van der Waals surface area contributed by atoms with Gasteiger partial charge in [-0.1, -0.05) is 121 Å². The molecule has 0 fully saturated rings. The van der Waals surface area contributed by atoms with Crippen molar-refractivity contribution in [3.8, 4) is 0 Å². The van der Waals surface area contributed by atoms with Crippen molar-refractivity contribution in [3.63, 3.8) is 0 Å². The van der Waals surface area contributed by atoms with E-state index in [4.69, 9.17) is 17.1 Å². The molecule has 0 amide bonds. The maximum Gasteiger partial charge on any atom is 0.488 e. The first kappa shape index (κ1) is 25.5. The molecular formula is C28H32O4Si3. The van der Waals surface area contributed by atoms with E-state index in [9.17, 15) is 0 Å². The van der Waals surface area contributed by atoms with Gasteiger partial charge >= 0.3 is 17.4 Å². The van der Waals surface area contributed by atoms with Crippen LogP contribution in [0.2, 0.25) is 13.1 Å². The minimum Gasteiger partial charge on any atom is -0.422 e. The summed E-state index contributed by atoms with van der Waals surface area (Å²) in [5.74, 6) is 0. The average molecular weight is 517 g/mol. The third kappa shape index (κ3) is 5.31. The van der Waals surface area contributed by atoms with Gasteiger partial charge in [0.1, 0.15) is 0 Å². The summed E-state index contributed by atoms with van der Waals surface area (Å²) in [6.45, 7) is 4.18. The van der Waals surface area contributed by atoms with Crippen molar-refractivity contribution in [2.45, 2.75) is 13.1 Å². The quantitative estimate of drug-likeness (QED) is 0.302. The molecule has 0 spiro atoms. The van der Waals surface area contributed by atoms with Gasteiger partial charge in [0.15, 0.2) is 0 Å². The Hall–Kier alpha value is -2.63. The standard InChI is InChI=1S/C28H32O4Si3/c1-29-34(4,30-2)32-35(27-21-13-7-14-22-27,28-23-15-8-16-24-28)31-33(3,25-17-9-5-10-18-25)26-19-11-6-12-20-26/h5-24H,1-4H3. The molecule has 4 rings (SSSR count). The minimum absolute atomic E-state index is 1.02. The molecule has 0 aliphatic heterocycles. The largest absolute Gasteiger partial charge is 0.488 e. The Morgan fingerprint density at radius 3 is 1.06 bits per heavy atom. The third-order valence-electron chi connectivity index (χ3n) is 6.38. The molecule has 0 aliphatic carbocycles. The average Bonchev–Trinajstić information content (AvgIpc) is 2.94. The minimum atomic E-state index is -3.35. The second-order valence-corrected chi connectivity index (χ2v) is 18.4. The van der Waals surface area contributed by atoms with Crippen LogP contribution in [0.25, 0.3) is 0 Å². The van der Waals surface area contributed by atoms with Gasteiger partial charge in [-0.2, -0.15) is 0 Å². The summed E-state index contributed by atoms with van der Waals surface area (Å²) in [7, 11) is -5.88. The van der Waals surface area contributed by atoms with Crippen molar-refractivity contribution in [1.29, 1.82) is 0 Å². The summed E-state index contributed by atoms with van der Waals surface area (Å²) >= 11 is 0. The predicted molar refractivity (Wildman–Crippen MR) is 149 cm³/mol. The van der Waals surface area contributed by atoms with E-state index in [0.717, 1.165) is 10.4 Å². The molecule has 0 saturated carbocycles. The van der Waals surface area contributed by atoms with Crippen LogP contribution in [0, 0.1) is 0 Å². The van der Waals surface area contributed by atoms with Crippen LogP contribution in [0.1, 0.15) is 0 Å². The molecule has 180 valence electrons. The molecule has 35 heavy (non-hydrogen) atoms. The Kier molecular flexibility index (Phi) is 7.98. The van der Waals surface area contributed by atoms with Gasteiger partial charge in [-0.05, 0) is 27.3 Å². The van der Waals surface area contributed by atoms with E-state index < -0.39 is 25.7 Å². The summed E-state index contributed by atoms with van der Waals surface area (Å²) in [5, 5.41) is 4.39. The highest BCUT2D eigenvalue weighted by Gasteiger charge is 2.55. The fourth-order valence-corrected chi connectivity index (χ4v) is 16.4. The van der Waals surface area contributed by atoms with Gasteiger partial charge in [-0.25, -0.2) is 0 Å². The molecule has 0 N–H and O–H groups in total. The summed E-state index contributed by atoms with van der Waals surface area (Å²) < 4.78 is 26.4. The van der Waals surface area contributed by atoms with Gasteiger partial charge in [-0.3, -0.25) is 0 Å². The molecule has 7 heteroatoms. The molecule has 0 aliphatic rings. The maximum absolute atomic E-state index is 7.60. The van der Waals surface area contributed by atoms with Gasteiger partial charge < -0.3 is 17.1 Å². The first-order chi connectivity index (χ1) is 17.0. The number of hydrogen-bond acceptors (Lipinski definition) is 4. The van der Waals surface area contributed by atoms with Crippen molar-refractivity contribution >= 4 is 46.4 Å². The second kappa shape index (κ2) is 11.0. The monoisotopic (exact) mass is 516 g/mol. The van der Waals surface area contributed by atoms with Gasteiger partial charge in [0.05, 0.1) is 0 Å². The van der Waals surface area contributed by atoms with Crippen LogP contribution in [0.3, 0.4) is 0 Å². The molecule has 0 radical (unpaired) electrons. The fourth-order valence-electron chi connectivity index (χ4n) is 4.25. The molecule has 0 unspecified atom stereocenters. The molecule has 0 aromatic heterocycles. The van der Waals surface area contributed by atoms with Gasteiger partial charge in [0.2, 0.25) is 8.32 Å². The highest BCUT2D eigenvalue weighted by molar-refractivity contribution is 7.07. The third-order valence-corrected chi connectivity index (χ3v) is 18.3. The predicted octanol–water partition coefficient (Wildman–Crippen LogP) is 3.53. The Balaban J connectivity index is 2.01. The zero-order chi connectivity index (χ0) is 24.8. The van der Waals surface area contributed by atoms with E-state index in [1.807, 2.05) is 55.1 Å². The van der Waals surface area contributed by atoms with E-state index >= 15 is 0 Å². The zero-order valence-corrected chi connectivity index (χ0v) is 23.7. The number of rotatable bonds is 10. The Morgan fingerprint density at radius 1 is 0.429 bits per heavy atom. The smallest absolute Gasteiger partial charge is 0.422 e. The lowest BCUT2D eigenvalue weighted by atomic mass is 10.4. The molecule has 0 atom stereocenters. The Labute approximate surface area is 211 Å². The van der Waals surface area contributed by atoms with Crippen LogP contribution in [0.15, 0.2) is 121 Å². The van der Waals surface area contributed by atoms with Crippen molar-refractivity contribution in [1.82, 2.24) is 0 Å². The van der Waals surface area contributed by atoms with E-state index in [0.29, 0.717) is 0 Å². The molecule has 0 bridgehead atoms. The van der Waals surface area contributed by atoms with Crippen molar-refractivity contribution < 1.29 is 17.1 Å². The highest BCUT2D eigenvalue weighted by Crippen LogP contribution is 2.23. The fraction of sp³-hybridized carbons (Fsp3) is 0.143. The summed E-state index contributed by atoms with van der Waals surface area (Å²) in [4.78, 5) is 0. The van der Waals surface area contributed by atoms with Crippen LogP contribution < -0.4 is 20.7 Å². The van der Waals surface area contributed by atoms with E-state index in [2.05, 4.69) is 79.3 Å². The van der Waals surface area contributed by atoms with Crippen LogP contribution in [-0.2, 0) is 17.1 Å². The van der Waals surface area contributed by atoms with Crippen molar-refractivity contribution in [3.05, 3.63) is 121 Å².